The van der Waals surface area contributed by atoms with Gasteiger partial charge in [-0.1, -0.05) is 81.8 Å². The molecule has 410 valence electrons. The first-order chi connectivity index (χ1) is 34.5. The Morgan fingerprint density at radius 1 is 0.877 bits per heavy atom. The Morgan fingerprint density at radius 3 is 2.30 bits per heavy atom. The van der Waals surface area contributed by atoms with Crippen LogP contribution in [0, 0.1) is 48.3 Å². The van der Waals surface area contributed by atoms with Gasteiger partial charge in [0.2, 0.25) is 15.8 Å². The number of rotatable bonds is 9. The SMILES string of the molecule is COC1CC(C[C@@H](C)[C@@H]2CC[C@H](C)/C=C(\C)C(O)[C@@H](OC)C(=O)C(C)C[C@H](C)/C=C/C=C/C=C(\C)[C@H](CNS(=O)(=O)c3conc3C)C[C@@H]3CCC(C)C(O)(O3)C(=O)C(=O)N3CCCCC3C(=O)O2)CC[C@H]1O. The van der Waals surface area contributed by atoms with Gasteiger partial charge in [0.1, 0.15) is 41.2 Å². The summed E-state index contributed by atoms with van der Waals surface area (Å²) >= 11 is 0. The molecule has 2 bridgehead atoms. The van der Waals surface area contributed by atoms with E-state index in [1.54, 1.807) is 21.0 Å². The van der Waals surface area contributed by atoms with Gasteiger partial charge in [0.05, 0.1) is 18.3 Å². The number of aryl methyl sites for hydroxylation is 1. The lowest BCUT2D eigenvalue weighted by Gasteiger charge is -2.43. The molecule has 0 radical (unpaired) electrons. The minimum Gasteiger partial charge on any atom is -0.461 e. The summed E-state index contributed by atoms with van der Waals surface area (Å²) in [6, 6.07) is -1.09. The zero-order valence-corrected chi connectivity index (χ0v) is 45.7. The first-order valence-electron chi connectivity index (χ1n) is 26.5. The number of fused-ring (bicyclic) bond motifs is 3. The van der Waals surface area contributed by atoms with Crippen LogP contribution in [-0.4, -0.2) is 133 Å². The minimum atomic E-state index is -4.05. The second kappa shape index (κ2) is 27.3. The number of carbonyl (C=O) groups is 4. The number of aliphatic hydroxyl groups excluding tert-OH is 2. The van der Waals surface area contributed by atoms with E-state index in [-0.39, 0.29) is 72.1 Å². The molecule has 18 heteroatoms. The van der Waals surface area contributed by atoms with E-state index in [0.717, 1.165) is 18.3 Å². The number of Topliss-reactive ketones (excluding diaryl/α,β-unsaturated/α-hetero) is 2. The van der Waals surface area contributed by atoms with Crippen LogP contribution in [0.5, 0.6) is 0 Å². The van der Waals surface area contributed by atoms with Gasteiger partial charge in [-0.05, 0) is 139 Å². The maximum atomic E-state index is 14.5. The number of ketones is 2. The number of ether oxygens (including phenoxy) is 4. The quantitative estimate of drug-likeness (QED) is 0.112. The fraction of sp³-hybridized carbons (Fsp3) is 0.727. The van der Waals surface area contributed by atoms with Crippen molar-refractivity contribution in [3.05, 3.63) is 59.6 Å². The third-order valence-corrected chi connectivity index (χ3v) is 17.5. The van der Waals surface area contributed by atoms with E-state index in [9.17, 15) is 42.9 Å². The Bertz CT molecular complexity index is 2260. The van der Waals surface area contributed by atoms with E-state index in [1.165, 1.54) is 18.9 Å². The van der Waals surface area contributed by atoms with Crippen LogP contribution in [-0.2, 0) is 48.1 Å². The molecule has 1 aromatic heterocycles. The fourth-order valence-corrected chi connectivity index (χ4v) is 12.4. The highest BCUT2D eigenvalue weighted by Crippen LogP contribution is 2.38. The van der Waals surface area contributed by atoms with Gasteiger partial charge in [-0.2, -0.15) is 0 Å². The monoisotopic (exact) mass is 1040 g/mol. The summed E-state index contributed by atoms with van der Waals surface area (Å²) in [5.41, 5.74) is 1.53. The standard InChI is InChI=1S/C55H85N3O14S/c1-33-16-12-11-13-17-35(3)42(31-56-73(66,67)48-32-70-57-40(48)8)30-43-22-20-39(7)55(65,72-43)52(62)53(63)58-25-15-14-18-44(58)54(64)71-46(36(4)28-41-21-23-45(59)47(29-41)68-9)24-19-34(2)27-38(6)50(61)51(69-10)49(60)37(5)26-33/h11-13,16-17,27,32-34,36-37,39,41-47,50-51,56,59,61,65H,14-15,18-26,28-31H2,1-10H3/b13-11+,16-12+,35-17+,38-27+/t33-,34+,36-,37?,39?,41?,42+,43+,44?,45-,46+,47?,50?,51+,55?/m1/s1. The van der Waals surface area contributed by atoms with Crippen molar-refractivity contribution in [2.45, 2.75) is 192 Å². The molecule has 1 saturated carbocycles. The first kappa shape index (κ1) is 60.0. The fourth-order valence-electron chi connectivity index (χ4n) is 11.2. The molecule has 1 aliphatic carbocycles. The van der Waals surface area contributed by atoms with Crippen LogP contribution in [0.2, 0.25) is 0 Å². The van der Waals surface area contributed by atoms with Crippen LogP contribution in [0.3, 0.4) is 0 Å². The number of sulfonamides is 1. The molecule has 4 heterocycles. The van der Waals surface area contributed by atoms with Crippen molar-refractivity contribution in [1.82, 2.24) is 14.8 Å². The normalized spacial score (nSPS) is 37.5. The predicted molar refractivity (Wildman–Crippen MR) is 274 cm³/mol. The number of cyclic esters (lactones) is 1. The van der Waals surface area contributed by atoms with Gasteiger partial charge in [0, 0.05) is 39.1 Å². The number of esters is 1. The molecule has 2 saturated heterocycles. The van der Waals surface area contributed by atoms with E-state index in [1.807, 2.05) is 71.1 Å². The van der Waals surface area contributed by atoms with Crippen LogP contribution in [0.4, 0.5) is 0 Å². The van der Waals surface area contributed by atoms with Gasteiger partial charge in [0.25, 0.3) is 11.7 Å². The van der Waals surface area contributed by atoms with Crippen molar-refractivity contribution < 1.29 is 66.4 Å². The number of hydrogen-bond acceptors (Lipinski definition) is 15. The van der Waals surface area contributed by atoms with Crippen LogP contribution in [0.15, 0.2) is 63.3 Å². The number of methoxy groups -OCH3 is 2. The Hall–Kier alpha value is -3.88. The number of aliphatic hydroxyl groups is 3. The van der Waals surface area contributed by atoms with E-state index >= 15 is 0 Å². The highest BCUT2D eigenvalue weighted by Gasteiger charge is 2.53. The maximum Gasteiger partial charge on any atom is 0.329 e. The largest absolute Gasteiger partial charge is 0.461 e. The Morgan fingerprint density at radius 2 is 1.62 bits per heavy atom. The van der Waals surface area contributed by atoms with Crippen LogP contribution in [0.25, 0.3) is 0 Å². The lowest BCUT2D eigenvalue weighted by molar-refractivity contribution is -0.264. The molecular weight excluding hydrogens is 959 g/mol. The van der Waals surface area contributed by atoms with Crippen LogP contribution < -0.4 is 4.72 Å². The number of nitrogens with one attached hydrogen (secondary N) is 1. The van der Waals surface area contributed by atoms with Crippen LogP contribution >= 0.6 is 0 Å². The average Bonchev–Trinajstić information content (AvgIpc) is 3.81. The number of piperidine rings is 1. The smallest absolute Gasteiger partial charge is 0.329 e. The lowest BCUT2D eigenvalue weighted by Crippen LogP contribution is -2.60. The van der Waals surface area contributed by atoms with Crippen LogP contribution in [0.1, 0.15) is 138 Å². The van der Waals surface area contributed by atoms with Gasteiger partial charge < -0.3 is 43.7 Å². The maximum absolute atomic E-state index is 14.5. The predicted octanol–water partition coefficient (Wildman–Crippen LogP) is 6.88. The van der Waals surface area contributed by atoms with Crippen molar-refractivity contribution in [3.63, 3.8) is 0 Å². The van der Waals surface area contributed by atoms with E-state index in [2.05, 4.69) is 9.88 Å². The molecule has 5 rings (SSSR count). The number of hydrogen-bond donors (Lipinski definition) is 4. The highest BCUT2D eigenvalue weighted by atomic mass is 32.2. The second-order valence-electron chi connectivity index (χ2n) is 21.8. The zero-order valence-electron chi connectivity index (χ0n) is 44.9. The van der Waals surface area contributed by atoms with Gasteiger partial charge in [0.15, 0.2) is 5.78 Å². The number of amides is 1. The molecular formula is C55H85N3O14S. The Labute approximate surface area is 433 Å². The van der Waals surface area contributed by atoms with Crippen molar-refractivity contribution in [2.24, 2.45) is 41.4 Å². The number of allylic oxidation sites excluding steroid dienone is 6. The van der Waals surface area contributed by atoms with E-state index in [4.69, 9.17) is 23.5 Å². The molecule has 17 nitrogen and oxygen atoms in total. The van der Waals surface area contributed by atoms with Crippen molar-refractivity contribution in [2.75, 3.05) is 27.3 Å². The molecule has 15 atom stereocenters. The van der Waals surface area contributed by atoms with Gasteiger partial charge in [-0.15, -0.1) is 0 Å². The summed E-state index contributed by atoms with van der Waals surface area (Å²) in [6.07, 6.45) is 14.3. The molecule has 0 spiro atoms. The molecule has 4 N–H and O–H groups in total. The second-order valence-corrected chi connectivity index (χ2v) is 23.5. The first-order valence-corrected chi connectivity index (χ1v) is 28.0. The molecule has 1 amide bonds. The third kappa shape index (κ3) is 15.8. The third-order valence-electron chi connectivity index (χ3n) is 15.9. The summed E-state index contributed by atoms with van der Waals surface area (Å²) < 4.78 is 58.4. The van der Waals surface area contributed by atoms with Crippen molar-refractivity contribution in [3.8, 4) is 0 Å². The lowest BCUT2D eigenvalue weighted by atomic mass is 9.78. The summed E-state index contributed by atoms with van der Waals surface area (Å²) in [6.45, 7) is 14.7. The van der Waals surface area contributed by atoms with Gasteiger partial charge >= 0.3 is 5.97 Å². The van der Waals surface area contributed by atoms with Crippen molar-refractivity contribution >= 4 is 33.5 Å². The zero-order chi connectivity index (χ0) is 53.8. The summed E-state index contributed by atoms with van der Waals surface area (Å²) in [7, 11) is -1.04. The highest BCUT2D eigenvalue weighted by molar-refractivity contribution is 7.89. The Kier molecular flexibility index (Phi) is 22.4. The Balaban J connectivity index is 1.48. The average molecular weight is 1040 g/mol. The number of nitrogens with zero attached hydrogens (tertiary/aromatic N) is 2. The summed E-state index contributed by atoms with van der Waals surface area (Å²) in [5.74, 6) is -7.40. The van der Waals surface area contributed by atoms with Gasteiger partial charge in [-0.3, -0.25) is 14.4 Å². The number of aromatic nitrogens is 1. The number of carbonyl (C=O) groups excluding carboxylic acids is 4. The molecule has 73 heavy (non-hydrogen) atoms. The summed E-state index contributed by atoms with van der Waals surface area (Å²) in [5, 5.41) is 38.0. The van der Waals surface area contributed by atoms with Gasteiger partial charge in [-0.25, -0.2) is 17.9 Å². The van der Waals surface area contributed by atoms with E-state index < -0.39 is 87.8 Å². The molecule has 4 aliphatic rings. The van der Waals surface area contributed by atoms with E-state index in [0.29, 0.717) is 69.8 Å². The molecule has 0 aromatic carbocycles. The molecule has 3 aliphatic heterocycles. The van der Waals surface area contributed by atoms with Crippen molar-refractivity contribution in [1.29, 1.82) is 0 Å². The minimum absolute atomic E-state index is 0.0190. The summed E-state index contributed by atoms with van der Waals surface area (Å²) in [4.78, 5) is 58.4. The topological polar surface area (TPSA) is 241 Å². The molecule has 1 aromatic rings. The molecule has 7 unspecified atom stereocenters. The molecule has 3 fully saturated rings.